The molecule has 1 saturated heterocycles. The third-order valence-corrected chi connectivity index (χ3v) is 5.70. The Labute approximate surface area is 127 Å². The van der Waals surface area contributed by atoms with Crippen LogP contribution in [0.25, 0.3) is 10.9 Å². The van der Waals surface area contributed by atoms with Gasteiger partial charge in [-0.25, -0.2) is 23.2 Å². The molecule has 3 rings (SSSR count). The lowest BCUT2D eigenvalue weighted by atomic mass is 10.1. The molecule has 0 spiro atoms. The van der Waals surface area contributed by atoms with Crippen LogP contribution in [0.4, 0.5) is 5.82 Å². The fourth-order valence-electron chi connectivity index (χ4n) is 2.71. The summed E-state index contributed by atoms with van der Waals surface area (Å²) in [5, 5.41) is 9.74. The van der Waals surface area contributed by atoms with Gasteiger partial charge in [0.05, 0.1) is 22.6 Å². The maximum absolute atomic E-state index is 11.6. The maximum Gasteiger partial charge on any atom is 0.335 e. The van der Waals surface area contributed by atoms with Crippen molar-refractivity contribution in [2.24, 2.45) is 0 Å². The van der Waals surface area contributed by atoms with Gasteiger partial charge in [-0.3, -0.25) is 0 Å². The van der Waals surface area contributed by atoms with Crippen LogP contribution in [0.15, 0.2) is 24.5 Å². The molecule has 0 aliphatic carbocycles. The molecule has 1 N–H and O–H groups in total. The van der Waals surface area contributed by atoms with Crippen molar-refractivity contribution in [1.82, 2.24) is 9.97 Å². The number of benzene rings is 1. The molecular formula is C14H15N3O4S. The molecule has 0 unspecified atom stereocenters. The normalized spacial score (nSPS) is 20.1. The van der Waals surface area contributed by atoms with Crippen molar-refractivity contribution >= 4 is 32.5 Å². The zero-order chi connectivity index (χ0) is 15.9. The lowest BCUT2D eigenvalue weighted by molar-refractivity contribution is 0.0697. The minimum atomic E-state index is -2.98. The van der Waals surface area contributed by atoms with Gasteiger partial charge in [-0.05, 0) is 24.6 Å². The van der Waals surface area contributed by atoms with Crippen LogP contribution in [0, 0.1) is 0 Å². The first kappa shape index (κ1) is 14.7. The zero-order valence-electron chi connectivity index (χ0n) is 11.9. The monoisotopic (exact) mass is 321 g/mol. The van der Waals surface area contributed by atoms with Crippen molar-refractivity contribution in [1.29, 1.82) is 0 Å². The molecule has 22 heavy (non-hydrogen) atoms. The molecule has 1 aromatic heterocycles. The standard InChI is InChI=1S/C14H15N3O4S/c1-17(10-4-5-22(20,21)7-10)13-11-3-2-9(14(18)19)6-12(11)15-8-16-13/h2-3,6,8,10H,4-5,7H2,1H3,(H,18,19)/t10-/m1/s1. The highest BCUT2D eigenvalue weighted by atomic mass is 32.2. The van der Waals surface area contributed by atoms with E-state index in [0.29, 0.717) is 23.1 Å². The number of fused-ring (bicyclic) bond motifs is 1. The Hall–Kier alpha value is -2.22. The second kappa shape index (κ2) is 5.20. The molecule has 116 valence electrons. The van der Waals surface area contributed by atoms with Crippen LogP contribution in [0.5, 0.6) is 0 Å². The highest BCUT2D eigenvalue weighted by Crippen LogP contribution is 2.27. The summed E-state index contributed by atoms with van der Waals surface area (Å²) >= 11 is 0. The number of anilines is 1. The summed E-state index contributed by atoms with van der Waals surface area (Å²) in [5.74, 6) is -0.0996. The molecule has 0 saturated carbocycles. The second-order valence-electron chi connectivity index (χ2n) is 5.40. The van der Waals surface area contributed by atoms with Gasteiger partial charge in [0.25, 0.3) is 0 Å². The molecule has 0 bridgehead atoms. The van der Waals surface area contributed by atoms with Crippen LogP contribution in [0.2, 0.25) is 0 Å². The van der Waals surface area contributed by atoms with Gasteiger partial charge in [-0.1, -0.05) is 0 Å². The van der Waals surface area contributed by atoms with E-state index in [1.807, 2.05) is 4.90 Å². The molecule has 1 atom stereocenters. The number of aromatic nitrogens is 2. The molecular weight excluding hydrogens is 306 g/mol. The van der Waals surface area contributed by atoms with E-state index in [2.05, 4.69) is 9.97 Å². The molecule has 0 radical (unpaired) electrons. The van der Waals surface area contributed by atoms with E-state index in [1.165, 1.54) is 18.5 Å². The molecule has 2 heterocycles. The van der Waals surface area contributed by atoms with E-state index >= 15 is 0 Å². The molecule has 8 heteroatoms. The number of rotatable bonds is 3. The van der Waals surface area contributed by atoms with Crippen LogP contribution in [-0.4, -0.2) is 54.1 Å². The summed E-state index contributed by atoms with van der Waals surface area (Å²) in [7, 11) is -1.18. The molecule has 7 nitrogen and oxygen atoms in total. The van der Waals surface area contributed by atoms with Gasteiger partial charge >= 0.3 is 5.97 Å². The Bertz CT molecular complexity index is 850. The van der Waals surface area contributed by atoms with Gasteiger partial charge < -0.3 is 10.0 Å². The highest BCUT2D eigenvalue weighted by Gasteiger charge is 2.31. The Morgan fingerprint density at radius 3 is 2.77 bits per heavy atom. The first-order valence-electron chi connectivity index (χ1n) is 6.79. The van der Waals surface area contributed by atoms with E-state index in [0.717, 1.165) is 0 Å². The van der Waals surface area contributed by atoms with Crippen molar-refractivity contribution < 1.29 is 18.3 Å². The number of carboxylic acid groups (broad SMARTS) is 1. The van der Waals surface area contributed by atoms with Gasteiger partial charge in [0, 0.05) is 18.5 Å². The Morgan fingerprint density at radius 1 is 1.36 bits per heavy atom. The number of carbonyl (C=O) groups is 1. The van der Waals surface area contributed by atoms with Crippen molar-refractivity contribution in [3.05, 3.63) is 30.1 Å². The average molecular weight is 321 g/mol. The first-order chi connectivity index (χ1) is 10.4. The van der Waals surface area contributed by atoms with Crippen molar-refractivity contribution in [2.75, 3.05) is 23.5 Å². The Morgan fingerprint density at radius 2 is 2.14 bits per heavy atom. The van der Waals surface area contributed by atoms with E-state index in [1.54, 1.807) is 13.1 Å². The first-order valence-corrected chi connectivity index (χ1v) is 8.61. The topological polar surface area (TPSA) is 100 Å². The quantitative estimate of drug-likeness (QED) is 0.898. The van der Waals surface area contributed by atoms with Crippen LogP contribution in [0.3, 0.4) is 0 Å². The third kappa shape index (κ3) is 2.61. The van der Waals surface area contributed by atoms with E-state index in [-0.39, 0.29) is 23.1 Å². The Balaban J connectivity index is 2.02. The van der Waals surface area contributed by atoms with Crippen LogP contribution in [-0.2, 0) is 9.84 Å². The third-order valence-electron chi connectivity index (χ3n) is 3.95. The summed E-state index contributed by atoms with van der Waals surface area (Å²) in [6, 6.07) is 4.52. The fourth-order valence-corrected chi connectivity index (χ4v) is 4.49. The second-order valence-corrected chi connectivity index (χ2v) is 7.63. The smallest absolute Gasteiger partial charge is 0.335 e. The summed E-state index contributed by atoms with van der Waals surface area (Å²) < 4.78 is 23.3. The molecule has 1 aliphatic rings. The van der Waals surface area contributed by atoms with Gasteiger partial charge in [-0.15, -0.1) is 0 Å². The Kier molecular flexibility index (Phi) is 3.48. The molecule has 0 amide bonds. The average Bonchev–Trinajstić information content (AvgIpc) is 2.85. The maximum atomic E-state index is 11.6. The lowest BCUT2D eigenvalue weighted by Gasteiger charge is -2.25. The number of carboxylic acids is 1. The summed E-state index contributed by atoms with van der Waals surface area (Å²) in [6.45, 7) is 0. The van der Waals surface area contributed by atoms with E-state index < -0.39 is 15.8 Å². The summed E-state index contributed by atoms with van der Waals surface area (Å²) in [5.41, 5.74) is 0.681. The van der Waals surface area contributed by atoms with Gasteiger partial charge in [0.15, 0.2) is 9.84 Å². The lowest BCUT2D eigenvalue weighted by Crippen LogP contribution is -2.33. The number of sulfone groups is 1. The predicted octanol–water partition coefficient (Wildman–Crippen LogP) is 0.951. The molecule has 1 fully saturated rings. The van der Waals surface area contributed by atoms with Crippen molar-refractivity contribution in [2.45, 2.75) is 12.5 Å². The van der Waals surface area contributed by atoms with E-state index in [4.69, 9.17) is 5.11 Å². The zero-order valence-corrected chi connectivity index (χ0v) is 12.7. The number of nitrogens with zero attached hydrogens (tertiary/aromatic N) is 3. The predicted molar refractivity (Wildman–Crippen MR) is 82.0 cm³/mol. The SMILES string of the molecule is CN(c1ncnc2cc(C(=O)O)ccc12)[C@@H]1CCS(=O)(=O)C1. The van der Waals surface area contributed by atoms with Crippen LogP contribution < -0.4 is 4.90 Å². The molecule has 2 aromatic rings. The van der Waals surface area contributed by atoms with E-state index in [9.17, 15) is 13.2 Å². The summed E-state index contributed by atoms with van der Waals surface area (Å²) in [4.78, 5) is 21.2. The van der Waals surface area contributed by atoms with Gasteiger partial charge in [0.1, 0.15) is 12.1 Å². The van der Waals surface area contributed by atoms with Crippen molar-refractivity contribution in [3.8, 4) is 0 Å². The fraction of sp³-hybridized carbons (Fsp3) is 0.357. The van der Waals surface area contributed by atoms with Gasteiger partial charge in [0.2, 0.25) is 0 Å². The molecule has 1 aliphatic heterocycles. The highest BCUT2D eigenvalue weighted by molar-refractivity contribution is 7.91. The van der Waals surface area contributed by atoms with Crippen LogP contribution >= 0.6 is 0 Å². The minimum Gasteiger partial charge on any atom is -0.478 e. The minimum absolute atomic E-state index is 0.113. The molecule has 1 aromatic carbocycles. The van der Waals surface area contributed by atoms with Crippen LogP contribution in [0.1, 0.15) is 16.8 Å². The largest absolute Gasteiger partial charge is 0.478 e. The number of hydrogen-bond donors (Lipinski definition) is 1. The number of hydrogen-bond acceptors (Lipinski definition) is 6. The summed E-state index contributed by atoms with van der Waals surface area (Å²) in [6.07, 6.45) is 1.93. The van der Waals surface area contributed by atoms with Gasteiger partial charge in [-0.2, -0.15) is 0 Å². The van der Waals surface area contributed by atoms with Crippen molar-refractivity contribution in [3.63, 3.8) is 0 Å². The number of aromatic carboxylic acids is 1.